The van der Waals surface area contributed by atoms with Crippen molar-refractivity contribution in [3.05, 3.63) is 176 Å². The molecule has 0 bridgehead atoms. The second kappa shape index (κ2) is 11.4. The number of hydrogen-bond donors (Lipinski definition) is 0. The number of aromatic nitrogens is 2. The predicted octanol–water partition coefficient (Wildman–Crippen LogP) is 11.5. The van der Waals surface area contributed by atoms with Crippen molar-refractivity contribution in [3.8, 4) is 27.9 Å². The summed E-state index contributed by atoms with van der Waals surface area (Å²) in [6.45, 7) is 2.15. The Kier molecular flexibility index (Phi) is 6.51. The van der Waals surface area contributed by atoms with Gasteiger partial charge in [-0.3, -0.25) is 4.57 Å². The zero-order valence-corrected chi connectivity index (χ0v) is 30.0. The lowest BCUT2D eigenvalue weighted by Crippen LogP contribution is -2.33. The minimum absolute atomic E-state index is 0.759. The maximum Gasteiger partial charge on any atom is 0.175 e. The van der Waals surface area contributed by atoms with E-state index in [1.807, 2.05) is 48.5 Å². The molecule has 0 amide bonds. The van der Waals surface area contributed by atoms with Crippen LogP contribution in [0, 0.1) is 0 Å². The predicted molar refractivity (Wildman–Crippen MR) is 224 cm³/mol. The van der Waals surface area contributed by atoms with Crippen LogP contribution in [-0.2, 0) is 11.0 Å². The molecule has 4 heteroatoms. The zero-order chi connectivity index (χ0) is 35.3. The summed E-state index contributed by atoms with van der Waals surface area (Å²) in [7, 11) is -3.21. The van der Waals surface area contributed by atoms with Gasteiger partial charge in [0.25, 0.3) is 0 Å². The quantitative estimate of drug-likeness (QED) is 0.104. The van der Waals surface area contributed by atoms with E-state index in [1.54, 1.807) is 0 Å². The SMILES string of the molecule is CCc1nc2cccc3c2n1-c1cc(-c2c4ccccc4c(-c4ccc5c(ccc6ccccc65)c4)c4ccccc24)ccc1P3(=O)c1ccccc1. The molecule has 0 fully saturated rings. The highest BCUT2D eigenvalue weighted by molar-refractivity contribution is 7.86. The maximum absolute atomic E-state index is 15.8. The molecule has 2 heterocycles. The highest BCUT2D eigenvalue weighted by Gasteiger charge is 2.40. The van der Waals surface area contributed by atoms with Crippen molar-refractivity contribution in [2.75, 3.05) is 0 Å². The second-order valence-electron chi connectivity index (χ2n) is 14.1. The van der Waals surface area contributed by atoms with Crippen LogP contribution < -0.4 is 15.9 Å². The van der Waals surface area contributed by atoms with Crippen LogP contribution in [0.3, 0.4) is 0 Å². The fraction of sp³-hybridized carbons (Fsp3) is 0.0408. The average molecular weight is 697 g/mol. The molecule has 0 aliphatic carbocycles. The Bertz CT molecular complexity index is 3140. The Hall–Kier alpha value is -6.28. The molecule has 11 rings (SSSR count). The molecule has 9 aromatic carbocycles. The Morgan fingerprint density at radius 1 is 0.509 bits per heavy atom. The third-order valence-corrected chi connectivity index (χ3v) is 14.4. The highest BCUT2D eigenvalue weighted by Crippen LogP contribution is 2.51. The fourth-order valence-corrected chi connectivity index (χ4v) is 12.0. The van der Waals surface area contributed by atoms with Crippen molar-refractivity contribution in [2.24, 2.45) is 0 Å². The molecular formula is C49H33N2OP. The van der Waals surface area contributed by atoms with Gasteiger partial charge in [-0.1, -0.05) is 146 Å². The Morgan fingerprint density at radius 2 is 1.09 bits per heavy atom. The molecule has 0 saturated carbocycles. The van der Waals surface area contributed by atoms with Crippen molar-refractivity contribution in [1.82, 2.24) is 9.55 Å². The van der Waals surface area contributed by atoms with Crippen LogP contribution in [-0.4, -0.2) is 9.55 Å². The lowest BCUT2D eigenvalue weighted by Gasteiger charge is -2.30. The van der Waals surface area contributed by atoms with E-state index in [0.29, 0.717) is 0 Å². The standard InChI is InChI=1S/C49H33N2OP/c1-2-46-50-42-21-12-22-45-49(42)51(46)43-30-34(26-28-44(43)53(45,52)35-14-4-3-5-15-35)48-40-19-10-8-17-38(40)47(39-18-9-11-20-41(39)48)33-25-27-37-32(29-33)24-23-31-13-6-7-16-36(31)37/h3-30H,2H2,1H3. The zero-order valence-electron chi connectivity index (χ0n) is 29.1. The number of hydrogen-bond acceptors (Lipinski definition) is 2. The van der Waals surface area contributed by atoms with Gasteiger partial charge in [-0.2, -0.15) is 0 Å². The molecule has 1 aliphatic heterocycles. The summed E-state index contributed by atoms with van der Waals surface area (Å²) in [5, 5.41) is 12.4. The van der Waals surface area contributed by atoms with E-state index in [4.69, 9.17) is 4.98 Å². The first-order valence-electron chi connectivity index (χ1n) is 18.3. The normalized spacial score (nSPS) is 15.1. The minimum atomic E-state index is -3.21. The van der Waals surface area contributed by atoms with E-state index in [0.717, 1.165) is 50.4 Å². The molecule has 53 heavy (non-hydrogen) atoms. The smallest absolute Gasteiger partial charge is 0.175 e. The molecule has 0 saturated heterocycles. The van der Waals surface area contributed by atoms with Crippen LogP contribution in [0.5, 0.6) is 0 Å². The van der Waals surface area contributed by atoms with Crippen molar-refractivity contribution in [3.63, 3.8) is 0 Å². The van der Waals surface area contributed by atoms with E-state index < -0.39 is 7.14 Å². The molecule has 0 radical (unpaired) electrons. The van der Waals surface area contributed by atoms with Crippen LogP contribution in [0.2, 0.25) is 0 Å². The molecule has 3 nitrogen and oxygen atoms in total. The Balaban J connectivity index is 1.20. The molecule has 1 aromatic heterocycles. The average Bonchev–Trinajstić information content (AvgIpc) is 3.61. The summed E-state index contributed by atoms with van der Waals surface area (Å²) < 4.78 is 18.0. The number of nitrogens with zero attached hydrogens (tertiary/aromatic N) is 2. The van der Waals surface area contributed by atoms with Gasteiger partial charge < -0.3 is 4.57 Å². The number of imidazole rings is 1. The summed E-state index contributed by atoms with van der Waals surface area (Å²) >= 11 is 0. The first kappa shape index (κ1) is 30.4. The van der Waals surface area contributed by atoms with Crippen LogP contribution in [0.25, 0.3) is 82.1 Å². The minimum Gasteiger partial charge on any atom is -0.308 e. The largest absolute Gasteiger partial charge is 0.308 e. The molecule has 10 aromatic rings. The Labute approximate surface area is 307 Å². The molecular weight excluding hydrogens is 664 g/mol. The van der Waals surface area contributed by atoms with Gasteiger partial charge in [0.2, 0.25) is 0 Å². The van der Waals surface area contributed by atoms with E-state index in [1.165, 1.54) is 59.8 Å². The van der Waals surface area contributed by atoms with Crippen LogP contribution >= 0.6 is 7.14 Å². The molecule has 1 unspecified atom stereocenters. The lowest BCUT2D eigenvalue weighted by atomic mass is 9.85. The highest BCUT2D eigenvalue weighted by atomic mass is 31.2. The van der Waals surface area contributed by atoms with Crippen molar-refractivity contribution in [2.45, 2.75) is 13.3 Å². The van der Waals surface area contributed by atoms with Gasteiger partial charge in [-0.05, 0) is 95.7 Å². The van der Waals surface area contributed by atoms with Crippen molar-refractivity contribution >= 4 is 77.2 Å². The summed E-state index contributed by atoms with van der Waals surface area (Å²) in [6.07, 6.45) is 0.759. The second-order valence-corrected chi connectivity index (χ2v) is 16.8. The van der Waals surface area contributed by atoms with Gasteiger partial charge in [-0.25, -0.2) is 4.98 Å². The number of aryl methyl sites for hydroxylation is 1. The topological polar surface area (TPSA) is 34.9 Å². The van der Waals surface area contributed by atoms with E-state index in [-0.39, 0.29) is 0 Å². The van der Waals surface area contributed by atoms with Gasteiger partial charge in [0.1, 0.15) is 5.82 Å². The van der Waals surface area contributed by atoms with Gasteiger partial charge in [0.05, 0.1) is 16.7 Å². The summed E-state index contributed by atoms with van der Waals surface area (Å²) in [5.74, 6) is 0.972. The fourth-order valence-electron chi connectivity index (χ4n) is 9.00. The Morgan fingerprint density at radius 3 is 1.79 bits per heavy atom. The van der Waals surface area contributed by atoms with Gasteiger partial charge >= 0.3 is 0 Å². The molecule has 1 aliphatic rings. The van der Waals surface area contributed by atoms with Gasteiger partial charge in [0.15, 0.2) is 7.14 Å². The maximum atomic E-state index is 15.8. The van der Waals surface area contributed by atoms with Crippen LogP contribution in [0.1, 0.15) is 12.7 Å². The summed E-state index contributed by atoms with van der Waals surface area (Å²) in [4.78, 5) is 5.09. The van der Waals surface area contributed by atoms with Gasteiger partial charge in [-0.15, -0.1) is 0 Å². The number of para-hydroxylation sites is 1. The first-order chi connectivity index (χ1) is 26.1. The summed E-state index contributed by atoms with van der Waals surface area (Å²) in [6, 6.07) is 60.3. The number of rotatable bonds is 4. The van der Waals surface area contributed by atoms with E-state index in [2.05, 4.69) is 133 Å². The third-order valence-electron chi connectivity index (χ3n) is 11.3. The first-order valence-corrected chi connectivity index (χ1v) is 20.0. The third kappa shape index (κ3) is 4.23. The molecule has 0 N–H and O–H groups in total. The van der Waals surface area contributed by atoms with Crippen LogP contribution in [0.15, 0.2) is 170 Å². The molecule has 250 valence electrons. The van der Waals surface area contributed by atoms with E-state index >= 15 is 4.57 Å². The lowest BCUT2D eigenvalue weighted by molar-refractivity contribution is 0.592. The van der Waals surface area contributed by atoms with E-state index in [9.17, 15) is 0 Å². The molecule has 0 spiro atoms. The number of fused-ring (bicyclic) bond motifs is 7. The van der Waals surface area contributed by atoms with Crippen LogP contribution in [0.4, 0.5) is 0 Å². The van der Waals surface area contributed by atoms with Gasteiger partial charge in [0, 0.05) is 22.3 Å². The van der Waals surface area contributed by atoms with Crippen molar-refractivity contribution in [1.29, 1.82) is 0 Å². The monoisotopic (exact) mass is 696 g/mol. The van der Waals surface area contributed by atoms with Crippen molar-refractivity contribution < 1.29 is 4.57 Å². The molecule has 1 atom stereocenters. The number of benzene rings is 9. The summed E-state index contributed by atoms with van der Waals surface area (Å²) in [5.41, 5.74) is 7.50.